The number of ether oxygens (including phenoxy) is 1. The topological polar surface area (TPSA) is 53.3 Å². The van der Waals surface area contributed by atoms with Gasteiger partial charge in [0, 0.05) is 23.7 Å². The average Bonchev–Trinajstić information content (AvgIpc) is 2.57. The number of aryl methyl sites for hydroxylation is 1. The molecule has 1 amide bonds. The molecule has 0 aliphatic carbocycles. The molecule has 0 saturated carbocycles. The molecule has 23 heavy (non-hydrogen) atoms. The Bertz CT molecular complexity index is 641. The molecule has 1 aromatic rings. The van der Waals surface area contributed by atoms with Crippen molar-refractivity contribution < 1.29 is 9.53 Å². The fourth-order valence-corrected chi connectivity index (χ4v) is 3.86. The van der Waals surface area contributed by atoms with Gasteiger partial charge in [0.1, 0.15) is 11.6 Å². The number of likely N-dealkylation sites (tertiary alicyclic amines) is 1. The second-order valence-corrected chi connectivity index (χ2v) is 6.88. The molecule has 0 bridgehead atoms. The summed E-state index contributed by atoms with van der Waals surface area (Å²) in [6.45, 7) is 3.17. The first-order valence-corrected chi connectivity index (χ1v) is 8.56. The number of nitriles is 1. The molecule has 2 saturated heterocycles. The van der Waals surface area contributed by atoms with E-state index in [4.69, 9.17) is 16.3 Å². The normalized spacial score (nSPS) is 27.7. The third-order valence-electron chi connectivity index (χ3n) is 4.99. The molecule has 1 spiro atoms. The summed E-state index contributed by atoms with van der Waals surface area (Å²) >= 11 is 6.15. The minimum absolute atomic E-state index is 0.133. The highest BCUT2D eigenvalue weighted by Crippen LogP contribution is 2.39. The second-order valence-electron chi connectivity index (χ2n) is 6.47. The lowest BCUT2D eigenvalue weighted by Crippen LogP contribution is -2.60. The first-order valence-electron chi connectivity index (χ1n) is 8.18. The van der Waals surface area contributed by atoms with Crippen molar-refractivity contribution in [2.45, 2.75) is 50.7 Å². The fourth-order valence-electron chi connectivity index (χ4n) is 3.68. The third-order valence-corrected chi connectivity index (χ3v) is 5.40. The Kier molecular flexibility index (Phi) is 4.61. The first kappa shape index (κ1) is 16.3. The van der Waals surface area contributed by atoms with Crippen LogP contribution in [-0.2, 0) is 4.74 Å². The molecule has 2 unspecified atom stereocenters. The van der Waals surface area contributed by atoms with Gasteiger partial charge in [0.15, 0.2) is 0 Å². The molecule has 2 fully saturated rings. The molecule has 4 nitrogen and oxygen atoms in total. The van der Waals surface area contributed by atoms with Crippen LogP contribution in [0.25, 0.3) is 0 Å². The van der Waals surface area contributed by atoms with Crippen molar-refractivity contribution in [2.24, 2.45) is 0 Å². The predicted molar refractivity (Wildman–Crippen MR) is 88.4 cm³/mol. The van der Waals surface area contributed by atoms with Crippen molar-refractivity contribution in [3.63, 3.8) is 0 Å². The Morgan fingerprint density at radius 3 is 2.83 bits per heavy atom. The van der Waals surface area contributed by atoms with E-state index in [2.05, 4.69) is 6.07 Å². The zero-order chi connectivity index (χ0) is 16.4. The predicted octanol–water partition coefficient (Wildman–Crippen LogP) is 3.72. The van der Waals surface area contributed by atoms with Crippen LogP contribution < -0.4 is 0 Å². The van der Waals surface area contributed by atoms with Crippen LogP contribution in [0.3, 0.4) is 0 Å². The highest BCUT2D eigenvalue weighted by atomic mass is 35.5. The minimum Gasteiger partial charge on any atom is -0.372 e. The van der Waals surface area contributed by atoms with Gasteiger partial charge in [-0.25, -0.2) is 0 Å². The lowest BCUT2D eigenvalue weighted by Gasteiger charge is -2.48. The number of hydrogen-bond acceptors (Lipinski definition) is 3. The van der Waals surface area contributed by atoms with Gasteiger partial charge in [0.25, 0.3) is 5.91 Å². The van der Waals surface area contributed by atoms with E-state index in [0.717, 1.165) is 37.7 Å². The smallest absolute Gasteiger partial charge is 0.255 e. The van der Waals surface area contributed by atoms with Crippen molar-refractivity contribution in [1.29, 1.82) is 5.26 Å². The molecule has 3 rings (SSSR count). The molecule has 0 radical (unpaired) electrons. The quantitative estimate of drug-likeness (QED) is 0.787. The SMILES string of the molecule is Cc1ccc(C(=O)N2CCCC3(CCCCO3)C2C#N)cc1Cl. The van der Waals surface area contributed by atoms with Crippen LogP contribution in [0.1, 0.15) is 48.0 Å². The minimum atomic E-state index is -0.524. The Hall–Kier alpha value is -1.57. The zero-order valence-corrected chi connectivity index (χ0v) is 14.1. The number of nitrogens with zero attached hydrogens (tertiary/aromatic N) is 2. The van der Waals surface area contributed by atoms with Crippen LogP contribution in [0.5, 0.6) is 0 Å². The first-order chi connectivity index (χ1) is 11.1. The lowest BCUT2D eigenvalue weighted by atomic mass is 9.79. The number of rotatable bonds is 1. The molecule has 5 heteroatoms. The molecular formula is C18H21ClN2O2. The second kappa shape index (κ2) is 6.51. The molecule has 2 aliphatic rings. The summed E-state index contributed by atoms with van der Waals surface area (Å²) in [5.41, 5.74) is 0.981. The summed E-state index contributed by atoms with van der Waals surface area (Å²) in [6, 6.07) is 7.13. The van der Waals surface area contributed by atoms with Gasteiger partial charge in [-0.3, -0.25) is 4.79 Å². The molecule has 122 valence electrons. The van der Waals surface area contributed by atoms with E-state index >= 15 is 0 Å². The van der Waals surface area contributed by atoms with E-state index in [1.54, 1.807) is 17.0 Å². The molecule has 2 atom stereocenters. The highest BCUT2D eigenvalue weighted by molar-refractivity contribution is 6.31. The van der Waals surface area contributed by atoms with Crippen LogP contribution in [0.4, 0.5) is 0 Å². The van der Waals surface area contributed by atoms with Gasteiger partial charge in [-0.05, 0) is 56.7 Å². The average molecular weight is 333 g/mol. The van der Waals surface area contributed by atoms with Gasteiger partial charge < -0.3 is 9.64 Å². The standard InChI is InChI=1S/C18H21ClN2O2/c1-13-5-6-14(11-15(13)19)17(22)21-9-4-8-18(16(21)12-20)7-2-3-10-23-18/h5-6,11,16H,2-4,7-10H2,1H3. The van der Waals surface area contributed by atoms with Crippen LogP contribution >= 0.6 is 11.6 Å². The molecule has 0 aromatic heterocycles. The Labute approximate surface area is 142 Å². The van der Waals surface area contributed by atoms with E-state index in [-0.39, 0.29) is 5.91 Å². The maximum Gasteiger partial charge on any atom is 0.255 e. The van der Waals surface area contributed by atoms with Crippen LogP contribution in [0.2, 0.25) is 5.02 Å². The van der Waals surface area contributed by atoms with Gasteiger partial charge in [0.05, 0.1) is 6.07 Å². The van der Waals surface area contributed by atoms with Gasteiger partial charge in [-0.1, -0.05) is 17.7 Å². The van der Waals surface area contributed by atoms with E-state index in [9.17, 15) is 10.1 Å². The van der Waals surface area contributed by atoms with Gasteiger partial charge in [0.2, 0.25) is 0 Å². The molecule has 0 N–H and O–H groups in total. The lowest BCUT2D eigenvalue weighted by molar-refractivity contribution is -0.128. The van der Waals surface area contributed by atoms with Gasteiger partial charge >= 0.3 is 0 Å². The Balaban J connectivity index is 1.89. The Morgan fingerprint density at radius 2 is 2.17 bits per heavy atom. The number of halogens is 1. The number of amides is 1. The number of piperidine rings is 1. The molecule has 2 aliphatic heterocycles. The van der Waals surface area contributed by atoms with E-state index < -0.39 is 11.6 Å². The molecular weight excluding hydrogens is 312 g/mol. The number of carbonyl (C=O) groups is 1. The molecule has 1 aromatic carbocycles. The summed E-state index contributed by atoms with van der Waals surface area (Å²) in [6.07, 6.45) is 4.65. The Morgan fingerprint density at radius 1 is 1.39 bits per heavy atom. The summed E-state index contributed by atoms with van der Waals surface area (Å²) in [4.78, 5) is 14.6. The van der Waals surface area contributed by atoms with E-state index in [1.807, 2.05) is 13.0 Å². The summed E-state index contributed by atoms with van der Waals surface area (Å²) in [5.74, 6) is -0.133. The number of carbonyl (C=O) groups excluding carboxylic acids is 1. The van der Waals surface area contributed by atoms with E-state index in [1.165, 1.54) is 0 Å². The third kappa shape index (κ3) is 2.96. The van der Waals surface area contributed by atoms with Crippen LogP contribution in [0.15, 0.2) is 18.2 Å². The van der Waals surface area contributed by atoms with Gasteiger partial charge in [-0.15, -0.1) is 0 Å². The van der Waals surface area contributed by atoms with Crippen molar-refractivity contribution in [1.82, 2.24) is 4.90 Å². The van der Waals surface area contributed by atoms with Crippen molar-refractivity contribution in [3.8, 4) is 6.07 Å². The maximum absolute atomic E-state index is 12.9. The highest BCUT2D eigenvalue weighted by Gasteiger charge is 2.48. The maximum atomic E-state index is 12.9. The zero-order valence-electron chi connectivity index (χ0n) is 13.3. The van der Waals surface area contributed by atoms with Crippen molar-refractivity contribution in [3.05, 3.63) is 34.3 Å². The van der Waals surface area contributed by atoms with Crippen LogP contribution in [0, 0.1) is 18.3 Å². The number of hydrogen-bond donors (Lipinski definition) is 0. The van der Waals surface area contributed by atoms with Crippen LogP contribution in [-0.4, -0.2) is 35.6 Å². The fraction of sp³-hybridized carbons (Fsp3) is 0.556. The monoisotopic (exact) mass is 332 g/mol. The molecule has 2 heterocycles. The van der Waals surface area contributed by atoms with Gasteiger partial charge in [-0.2, -0.15) is 5.26 Å². The summed E-state index contributed by atoms with van der Waals surface area (Å²) in [5, 5.41) is 10.3. The largest absolute Gasteiger partial charge is 0.372 e. The van der Waals surface area contributed by atoms with Crippen molar-refractivity contribution in [2.75, 3.05) is 13.2 Å². The summed E-state index contributed by atoms with van der Waals surface area (Å²) in [7, 11) is 0. The summed E-state index contributed by atoms with van der Waals surface area (Å²) < 4.78 is 6.03. The van der Waals surface area contributed by atoms with Crippen molar-refractivity contribution >= 4 is 17.5 Å². The van der Waals surface area contributed by atoms with E-state index in [0.29, 0.717) is 23.7 Å². The number of benzene rings is 1.